The van der Waals surface area contributed by atoms with E-state index in [-0.39, 0.29) is 15.3 Å². The lowest BCUT2D eigenvalue weighted by Crippen LogP contribution is -2.05. The molecule has 0 aromatic carbocycles. The zero-order valence-electron chi connectivity index (χ0n) is 7.49. The molecule has 0 aliphatic heterocycles. The van der Waals surface area contributed by atoms with Crippen LogP contribution < -0.4 is 0 Å². The van der Waals surface area contributed by atoms with Crippen molar-refractivity contribution in [3.8, 4) is 0 Å². The van der Waals surface area contributed by atoms with Gasteiger partial charge in [-0.3, -0.25) is 0 Å². The van der Waals surface area contributed by atoms with Gasteiger partial charge in [0.05, 0.1) is 5.75 Å². The lowest BCUT2D eigenvalue weighted by molar-refractivity contribution is 0.596. The molecule has 1 N–H and O–H groups in total. The standard InChI is InChI=1S/C8H11NO2S2/c1-3-13(10,11)7-4-6(2)5-9-8(7)12/h4-5H,3H2,1-2H3,(H,9,12). The number of aryl methyl sites for hydroxylation is 1. The van der Waals surface area contributed by atoms with Gasteiger partial charge >= 0.3 is 0 Å². The van der Waals surface area contributed by atoms with Gasteiger partial charge < -0.3 is 4.98 Å². The molecule has 3 nitrogen and oxygen atoms in total. The fraction of sp³-hybridized carbons (Fsp3) is 0.375. The molecule has 0 saturated heterocycles. The first-order chi connectivity index (χ1) is 5.97. The van der Waals surface area contributed by atoms with Crippen molar-refractivity contribution in [1.29, 1.82) is 0 Å². The molecule has 0 amide bonds. The van der Waals surface area contributed by atoms with E-state index in [0.717, 1.165) is 5.56 Å². The molecule has 0 spiro atoms. The van der Waals surface area contributed by atoms with E-state index >= 15 is 0 Å². The highest BCUT2D eigenvalue weighted by Crippen LogP contribution is 2.12. The highest BCUT2D eigenvalue weighted by atomic mass is 32.2. The number of aromatic nitrogens is 1. The third-order valence-corrected chi connectivity index (χ3v) is 3.95. The lowest BCUT2D eigenvalue weighted by Gasteiger charge is -2.01. The maximum Gasteiger partial charge on any atom is 0.181 e. The van der Waals surface area contributed by atoms with Crippen molar-refractivity contribution in [3.05, 3.63) is 22.5 Å². The van der Waals surface area contributed by atoms with Gasteiger partial charge in [-0.05, 0) is 18.6 Å². The van der Waals surface area contributed by atoms with Gasteiger partial charge in [-0.25, -0.2) is 8.42 Å². The fourth-order valence-electron chi connectivity index (χ4n) is 0.951. The van der Waals surface area contributed by atoms with Crippen LogP contribution >= 0.6 is 12.2 Å². The summed E-state index contributed by atoms with van der Waals surface area (Å²) in [4.78, 5) is 2.97. The summed E-state index contributed by atoms with van der Waals surface area (Å²) in [5.41, 5.74) is 0.862. The van der Waals surface area contributed by atoms with E-state index in [1.165, 1.54) is 0 Å². The minimum Gasteiger partial charge on any atom is -0.352 e. The predicted molar refractivity (Wildman–Crippen MR) is 54.1 cm³/mol. The number of rotatable bonds is 2. The summed E-state index contributed by atoms with van der Waals surface area (Å²) in [6, 6.07) is 1.59. The van der Waals surface area contributed by atoms with Crippen molar-refractivity contribution in [1.82, 2.24) is 4.98 Å². The average Bonchev–Trinajstić information content (AvgIpc) is 2.09. The molecule has 0 aliphatic rings. The zero-order chi connectivity index (χ0) is 10.1. The summed E-state index contributed by atoms with van der Waals surface area (Å²) in [6.45, 7) is 3.42. The van der Waals surface area contributed by atoms with Gasteiger partial charge in [-0.1, -0.05) is 19.1 Å². The second kappa shape index (κ2) is 3.59. The van der Waals surface area contributed by atoms with Gasteiger partial charge in [-0.15, -0.1) is 0 Å². The Hall–Kier alpha value is -0.680. The summed E-state index contributed by atoms with van der Waals surface area (Å²) in [7, 11) is -3.19. The Morgan fingerprint density at radius 2 is 2.15 bits per heavy atom. The van der Waals surface area contributed by atoms with E-state index in [1.54, 1.807) is 19.2 Å². The van der Waals surface area contributed by atoms with Crippen molar-refractivity contribution < 1.29 is 8.42 Å². The molecule has 0 aliphatic carbocycles. The van der Waals surface area contributed by atoms with Crippen LogP contribution in [0.25, 0.3) is 0 Å². The van der Waals surface area contributed by atoms with Gasteiger partial charge in [-0.2, -0.15) is 0 Å². The normalized spacial score (nSPS) is 11.5. The van der Waals surface area contributed by atoms with Crippen LogP contribution in [0.4, 0.5) is 0 Å². The maximum absolute atomic E-state index is 11.5. The Bertz CT molecular complexity index is 459. The highest BCUT2D eigenvalue weighted by Gasteiger charge is 2.13. The topological polar surface area (TPSA) is 49.9 Å². The molecule has 1 aromatic heterocycles. The van der Waals surface area contributed by atoms with E-state index in [9.17, 15) is 8.42 Å². The number of H-pyrrole nitrogens is 1. The molecular weight excluding hydrogens is 206 g/mol. The van der Waals surface area contributed by atoms with Gasteiger partial charge in [0.15, 0.2) is 9.84 Å². The lowest BCUT2D eigenvalue weighted by atomic mass is 10.3. The fourth-order valence-corrected chi connectivity index (χ4v) is 2.47. The zero-order valence-corrected chi connectivity index (χ0v) is 9.13. The SMILES string of the molecule is CCS(=O)(=O)c1cc(C)c[nH]c1=S. The summed E-state index contributed by atoms with van der Waals surface area (Å²) >= 11 is 4.89. The van der Waals surface area contributed by atoms with Crippen LogP contribution in [0, 0.1) is 11.6 Å². The molecule has 0 atom stereocenters. The molecule has 72 valence electrons. The van der Waals surface area contributed by atoms with Crippen LogP contribution in [0.1, 0.15) is 12.5 Å². The Morgan fingerprint density at radius 1 is 1.54 bits per heavy atom. The minimum atomic E-state index is -3.19. The molecule has 1 heterocycles. The van der Waals surface area contributed by atoms with Crippen molar-refractivity contribution in [2.24, 2.45) is 0 Å². The van der Waals surface area contributed by atoms with Crippen LogP contribution in [0.2, 0.25) is 0 Å². The molecule has 1 aromatic rings. The number of aromatic amines is 1. The van der Waals surface area contributed by atoms with Crippen LogP contribution in [0.3, 0.4) is 0 Å². The molecule has 0 bridgehead atoms. The van der Waals surface area contributed by atoms with Gasteiger partial charge in [0, 0.05) is 6.20 Å². The summed E-state index contributed by atoms with van der Waals surface area (Å²) < 4.78 is 23.3. The minimum absolute atomic E-state index is 0.0773. The molecular formula is C8H11NO2S2. The van der Waals surface area contributed by atoms with E-state index in [1.807, 2.05) is 6.92 Å². The average molecular weight is 217 g/mol. The smallest absolute Gasteiger partial charge is 0.181 e. The number of sulfone groups is 1. The Balaban J connectivity index is 3.47. The number of hydrogen-bond donors (Lipinski definition) is 1. The predicted octanol–water partition coefficient (Wildman–Crippen LogP) is 1.85. The Kier molecular flexibility index (Phi) is 2.87. The molecule has 5 heteroatoms. The third-order valence-electron chi connectivity index (χ3n) is 1.73. The largest absolute Gasteiger partial charge is 0.352 e. The number of nitrogens with one attached hydrogen (secondary N) is 1. The molecule has 0 radical (unpaired) electrons. The van der Waals surface area contributed by atoms with Crippen LogP contribution in [0.15, 0.2) is 17.2 Å². The molecule has 0 saturated carbocycles. The van der Waals surface area contributed by atoms with Crippen molar-refractivity contribution >= 4 is 22.1 Å². The maximum atomic E-state index is 11.5. The summed E-state index contributed by atoms with van der Waals surface area (Å²) in [5, 5.41) is 0. The van der Waals surface area contributed by atoms with Crippen molar-refractivity contribution in [2.45, 2.75) is 18.7 Å². The van der Waals surface area contributed by atoms with E-state index < -0.39 is 9.84 Å². The van der Waals surface area contributed by atoms with Gasteiger partial charge in [0.1, 0.15) is 9.54 Å². The van der Waals surface area contributed by atoms with Crippen molar-refractivity contribution in [3.63, 3.8) is 0 Å². The van der Waals surface area contributed by atoms with Crippen LogP contribution in [0.5, 0.6) is 0 Å². The van der Waals surface area contributed by atoms with Crippen LogP contribution in [-0.2, 0) is 9.84 Å². The molecule has 13 heavy (non-hydrogen) atoms. The quantitative estimate of drug-likeness (QED) is 0.769. The van der Waals surface area contributed by atoms with E-state index in [4.69, 9.17) is 12.2 Å². The molecule has 0 fully saturated rings. The second-order valence-corrected chi connectivity index (χ2v) is 5.43. The first-order valence-electron chi connectivity index (χ1n) is 3.89. The molecule has 0 unspecified atom stereocenters. The number of hydrogen-bond acceptors (Lipinski definition) is 3. The van der Waals surface area contributed by atoms with Gasteiger partial charge in [0.25, 0.3) is 0 Å². The number of pyridine rings is 1. The molecule has 1 rings (SSSR count). The summed E-state index contributed by atoms with van der Waals surface area (Å²) in [6.07, 6.45) is 1.69. The Labute approximate surface area is 82.7 Å². The van der Waals surface area contributed by atoms with E-state index in [2.05, 4.69) is 4.98 Å². The van der Waals surface area contributed by atoms with Gasteiger partial charge in [0.2, 0.25) is 0 Å². The van der Waals surface area contributed by atoms with Crippen LogP contribution in [-0.4, -0.2) is 19.2 Å². The highest BCUT2D eigenvalue weighted by molar-refractivity contribution is 7.91. The van der Waals surface area contributed by atoms with E-state index in [0.29, 0.717) is 0 Å². The first-order valence-corrected chi connectivity index (χ1v) is 5.95. The third kappa shape index (κ3) is 2.16. The first kappa shape index (κ1) is 10.4. The Morgan fingerprint density at radius 3 is 2.69 bits per heavy atom. The monoisotopic (exact) mass is 217 g/mol. The second-order valence-electron chi connectivity index (χ2n) is 2.77. The summed E-state index contributed by atoms with van der Waals surface area (Å²) in [5.74, 6) is 0.0773. The van der Waals surface area contributed by atoms with Crippen molar-refractivity contribution in [2.75, 3.05) is 5.75 Å².